The van der Waals surface area contributed by atoms with Gasteiger partial charge in [0, 0.05) is 22.0 Å². The van der Waals surface area contributed by atoms with Crippen LogP contribution >= 0.6 is 27.7 Å². The van der Waals surface area contributed by atoms with E-state index in [1.807, 2.05) is 12.1 Å². The lowest BCUT2D eigenvalue weighted by molar-refractivity contribution is 0.171. The molecule has 0 saturated carbocycles. The van der Waals surface area contributed by atoms with Crippen LogP contribution in [0.5, 0.6) is 0 Å². The Bertz CT molecular complexity index is 365. The van der Waals surface area contributed by atoms with Gasteiger partial charge >= 0.3 is 0 Å². The number of hydrogen-bond acceptors (Lipinski definition) is 4. The van der Waals surface area contributed by atoms with Gasteiger partial charge in [-0.3, -0.25) is 0 Å². The highest BCUT2D eigenvalue weighted by atomic mass is 79.9. The van der Waals surface area contributed by atoms with E-state index in [4.69, 9.17) is 0 Å². The smallest absolute Gasteiger partial charge is 0.110 e. The molecule has 1 rings (SSSR count). The molecule has 0 aliphatic heterocycles. The second-order valence-corrected chi connectivity index (χ2v) is 6.47. The summed E-state index contributed by atoms with van der Waals surface area (Å²) in [5.41, 5.74) is -0.190. The van der Waals surface area contributed by atoms with E-state index in [1.54, 1.807) is 18.0 Å². The quantitative estimate of drug-likeness (QED) is 0.718. The summed E-state index contributed by atoms with van der Waals surface area (Å²) in [6.45, 7) is 5.30. The summed E-state index contributed by atoms with van der Waals surface area (Å²) in [4.78, 5) is 4.32. The third-order valence-corrected chi connectivity index (χ3v) is 4.68. The van der Waals surface area contributed by atoms with E-state index in [9.17, 15) is 5.11 Å². The first-order valence-corrected chi connectivity index (χ1v) is 7.98. The van der Waals surface area contributed by atoms with Crippen molar-refractivity contribution in [2.45, 2.75) is 37.3 Å². The van der Waals surface area contributed by atoms with E-state index in [2.05, 4.69) is 40.1 Å². The van der Waals surface area contributed by atoms with Crippen LogP contribution in [0.25, 0.3) is 0 Å². The summed E-state index contributed by atoms with van der Waals surface area (Å²) in [6.07, 6.45) is 3.79. The highest BCUT2D eigenvalue weighted by molar-refractivity contribution is 9.10. The Kier molecular flexibility index (Phi) is 7.22. The summed E-state index contributed by atoms with van der Waals surface area (Å²) in [6, 6.07) is 3.91. The average Bonchev–Trinajstić information content (AvgIpc) is 2.39. The molecule has 0 aliphatic rings. The second-order valence-electron chi connectivity index (χ2n) is 4.53. The summed E-state index contributed by atoms with van der Waals surface area (Å²) in [7, 11) is 0. The minimum Gasteiger partial charge on any atom is -0.394 e. The number of aromatic nitrogens is 1. The molecule has 0 saturated heterocycles. The molecular formula is C13H21BrN2OS. The molecule has 5 heteroatoms. The zero-order valence-electron chi connectivity index (χ0n) is 10.9. The Morgan fingerprint density at radius 3 is 2.94 bits per heavy atom. The van der Waals surface area contributed by atoms with Crippen molar-refractivity contribution in [3.05, 3.63) is 22.8 Å². The topological polar surface area (TPSA) is 45.1 Å². The Hall–Kier alpha value is -0.100. The Morgan fingerprint density at radius 2 is 2.33 bits per heavy atom. The third kappa shape index (κ3) is 5.26. The van der Waals surface area contributed by atoms with Gasteiger partial charge in [-0.05, 0) is 54.4 Å². The fourth-order valence-corrected chi connectivity index (χ4v) is 3.19. The minimum absolute atomic E-state index is 0.164. The lowest BCUT2D eigenvalue weighted by Crippen LogP contribution is -2.46. The van der Waals surface area contributed by atoms with Crippen molar-refractivity contribution in [1.82, 2.24) is 10.3 Å². The van der Waals surface area contributed by atoms with Gasteiger partial charge in [0.15, 0.2) is 0 Å². The van der Waals surface area contributed by atoms with Gasteiger partial charge in [-0.2, -0.15) is 0 Å². The summed E-state index contributed by atoms with van der Waals surface area (Å²) < 4.78 is 1.03. The van der Waals surface area contributed by atoms with Gasteiger partial charge in [0.05, 0.1) is 6.61 Å². The maximum absolute atomic E-state index is 9.47. The fourth-order valence-electron chi connectivity index (χ4n) is 1.50. The Labute approximate surface area is 122 Å². The van der Waals surface area contributed by atoms with Gasteiger partial charge in [0.2, 0.25) is 0 Å². The van der Waals surface area contributed by atoms with E-state index < -0.39 is 0 Å². The normalized spacial score (nSPS) is 14.4. The van der Waals surface area contributed by atoms with E-state index in [0.29, 0.717) is 0 Å². The molecule has 102 valence electrons. The molecule has 0 aromatic carbocycles. The molecule has 1 aromatic rings. The standard InChI is InChI=1S/C13H21BrN2OS/c1-3-7-16-13(2,10-17)6-9-18-12-11(14)5-4-8-15-12/h4-5,8,16-17H,3,6-7,9-10H2,1-2H3. The molecule has 0 spiro atoms. The number of aliphatic hydroxyl groups excluding tert-OH is 1. The van der Waals surface area contributed by atoms with Crippen molar-refractivity contribution >= 4 is 27.7 Å². The number of hydrogen-bond donors (Lipinski definition) is 2. The summed E-state index contributed by atoms with van der Waals surface area (Å²) in [5, 5.41) is 13.9. The van der Waals surface area contributed by atoms with Crippen LogP contribution in [0.1, 0.15) is 26.7 Å². The Morgan fingerprint density at radius 1 is 1.56 bits per heavy atom. The van der Waals surface area contributed by atoms with Crippen molar-refractivity contribution < 1.29 is 5.11 Å². The molecule has 0 radical (unpaired) electrons. The second kappa shape index (κ2) is 8.15. The van der Waals surface area contributed by atoms with Crippen LogP contribution < -0.4 is 5.32 Å². The first-order valence-electron chi connectivity index (χ1n) is 6.20. The molecule has 0 aliphatic carbocycles. The molecule has 0 bridgehead atoms. The zero-order chi connectivity index (χ0) is 13.4. The van der Waals surface area contributed by atoms with Gasteiger partial charge in [-0.1, -0.05) is 6.92 Å². The number of halogens is 1. The van der Waals surface area contributed by atoms with Crippen LogP contribution in [0.3, 0.4) is 0 Å². The van der Waals surface area contributed by atoms with Crippen LogP contribution in [0.15, 0.2) is 27.8 Å². The first kappa shape index (κ1) is 16.0. The van der Waals surface area contributed by atoms with Crippen LogP contribution in [0.4, 0.5) is 0 Å². The number of nitrogens with one attached hydrogen (secondary N) is 1. The maximum Gasteiger partial charge on any atom is 0.110 e. The lowest BCUT2D eigenvalue weighted by atomic mass is 10.0. The molecule has 0 amide bonds. The maximum atomic E-state index is 9.47. The van der Waals surface area contributed by atoms with E-state index in [0.717, 1.165) is 34.6 Å². The number of rotatable bonds is 8. The predicted octanol–water partition coefficient (Wildman–Crippen LogP) is 3.08. The zero-order valence-corrected chi connectivity index (χ0v) is 13.4. The van der Waals surface area contributed by atoms with E-state index in [1.165, 1.54) is 0 Å². The van der Waals surface area contributed by atoms with Crippen molar-refractivity contribution in [2.24, 2.45) is 0 Å². The van der Waals surface area contributed by atoms with Crippen LogP contribution in [0, 0.1) is 0 Å². The molecular weight excluding hydrogens is 312 g/mol. The van der Waals surface area contributed by atoms with Crippen molar-refractivity contribution in [3.8, 4) is 0 Å². The summed E-state index contributed by atoms with van der Waals surface area (Å²) >= 11 is 5.20. The molecule has 1 unspecified atom stereocenters. The van der Waals surface area contributed by atoms with Gasteiger partial charge < -0.3 is 10.4 Å². The van der Waals surface area contributed by atoms with E-state index >= 15 is 0 Å². The van der Waals surface area contributed by atoms with Gasteiger partial charge in [0.25, 0.3) is 0 Å². The molecule has 1 aromatic heterocycles. The first-order chi connectivity index (χ1) is 8.61. The van der Waals surface area contributed by atoms with Crippen LogP contribution in [-0.4, -0.2) is 34.5 Å². The molecule has 1 atom stereocenters. The molecule has 0 fully saturated rings. The van der Waals surface area contributed by atoms with Gasteiger partial charge in [-0.15, -0.1) is 11.8 Å². The minimum atomic E-state index is -0.190. The van der Waals surface area contributed by atoms with Crippen LogP contribution in [-0.2, 0) is 0 Å². The number of nitrogens with zero attached hydrogens (tertiary/aromatic N) is 1. The number of aliphatic hydroxyl groups is 1. The fraction of sp³-hybridized carbons (Fsp3) is 0.615. The van der Waals surface area contributed by atoms with Crippen molar-refractivity contribution in [1.29, 1.82) is 0 Å². The van der Waals surface area contributed by atoms with Crippen LogP contribution in [0.2, 0.25) is 0 Å². The molecule has 3 nitrogen and oxygen atoms in total. The third-order valence-electron chi connectivity index (χ3n) is 2.77. The monoisotopic (exact) mass is 332 g/mol. The highest BCUT2D eigenvalue weighted by Gasteiger charge is 2.21. The van der Waals surface area contributed by atoms with E-state index in [-0.39, 0.29) is 12.1 Å². The predicted molar refractivity (Wildman–Crippen MR) is 81.1 cm³/mol. The summed E-state index contributed by atoms with van der Waals surface area (Å²) in [5.74, 6) is 0.934. The van der Waals surface area contributed by atoms with Gasteiger partial charge in [0.1, 0.15) is 5.03 Å². The van der Waals surface area contributed by atoms with Crippen molar-refractivity contribution in [2.75, 3.05) is 18.9 Å². The molecule has 18 heavy (non-hydrogen) atoms. The number of pyridine rings is 1. The largest absolute Gasteiger partial charge is 0.394 e. The SMILES string of the molecule is CCCNC(C)(CO)CCSc1ncccc1Br. The van der Waals surface area contributed by atoms with Gasteiger partial charge in [-0.25, -0.2) is 4.98 Å². The number of thioether (sulfide) groups is 1. The highest BCUT2D eigenvalue weighted by Crippen LogP contribution is 2.26. The molecule has 2 N–H and O–H groups in total. The van der Waals surface area contributed by atoms with Crippen molar-refractivity contribution in [3.63, 3.8) is 0 Å². The molecule has 1 heterocycles. The lowest BCUT2D eigenvalue weighted by Gasteiger charge is -2.28. The Balaban J connectivity index is 2.42. The average molecular weight is 333 g/mol.